The Morgan fingerprint density at radius 1 is 0.625 bits per heavy atom. The topological polar surface area (TPSA) is 35.1 Å². The van der Waals surface area contributed by atoms with Crippen LogP contribution in [0.2, 0.25) is 0 Å². The summed E-state index contributed by atoms with van der Waals surface area (Å²) in [5, 5.41) is 2.30. The molecule has 2 N–H and O–H groups in total. The molecule has 4 heteroatoms. The van der Waals surface area contributed by atoms with Gasteiger partial charge < -0.3 is 27.2 Å². The second-order valence-corrected chi connectivity index (χ2v) is 6.81. The van der Waals surface area contributed by atoms with E-state index in [4.69, 9.17) is 9.47 Å². The third kappa shape index (κ3) is 20.2. The van der Waals surface area contributed by atoms with Crippen LogP contribution in [0.15, 0.2) is 0 Å². The van der Waals surface area contributed by atoms with Gasteiger partial charge in [0.15, 0.2) is 0 Å². The molecule has 0 amide bonds. The molecule has 0 radical (unpaired) electrons. The molecule has 0 unspecified atom stereocenters. The van der Waals surface area contributed by atoms with Gasteiger partial charge >= 0.3 is 0 Å². The van der Waals surface area contributed by atoms with E-state index in [-0.39, 0.29) is 18.7 Å². The van der Waals surface area contributed by atoms with Crippen LogP contribution in [0, 0.1) is 0 Å². The summed E-state index contributed by atoms with van der Waals surface area (Å²) in [4.78, 5) is 0. The predicted molar refractivity (Wildman–Crippen MR) is 99.8 cm³/mol. The molecule has 24 heavy (non-hydrogen) atoms. The van der Waals surface area contributed by atoms with Crippen molar-refractivity contribution < 1.29 is 27.2 Å². The van der Waals surface area contributed by atoms with Gasteiger partial charge in [0, 0.05) is 14.2 Å². The molecule has 0 aromatic heterocycles. The van der Waals surface area contributed by atoms with Crippen molar-refractivity contribution in [3.05, 3.63) is 0 Å². The first-order valence-electron chi connectivity index (χ1n) is 10.2. The fourth-order valence-electron chi connectivity index (χ4n) is 3.03. The van der Waals surface area contributed by atoms with Crippen molar-refractivity contribution in [3.63, 3.8) is 0 Å². The molecule has 0 bridgehead atoms. The highest BCUT2D eigenvalue weighted by Gasteiger charge is 2.05. The molecular weight excluding hydrogens is 322 g/mol. The van der Waals surface area contributed by atoms with Crippen LogP contribution in [-0.2, 0) is 9.47 Å². The lowest BCUT2D eigenvalue weighted by molar-refractivity contribution is -0.667. The first-order chi connectivity index (χ1) is 11.3. The molecule has 0 heterocycles. The Bertz CT molecular complexity index is 214. The quantitative estimate of drug-likeness (QED) is 0.279. The summed E-state index contributed by atoms with van der Waals surface area (Å²) in [6.45, 7) is 4.39. The van der Waals surface area contributed by atoms with E-state index < -0.39 is 0 Å². The summed E-state index contributed by atoms with van der Waals surface area (Å²) in [6.07, 6.45) is 19.9. The van der Waals surface area contributed by atoms with Gasteiger partial charge in [-0.2, -0.15) is 0 Å². The Morgan fingerprint density at radius 2 is 1.00 bits per heavy atom. The largest absolute Gasteiger partial charge is 1.00 e. The van der Waals surface area contributed by atoms with Gasteiger partial charge in [-0.15, -0.1) is 0 Å². The Balaban J connectivity index is 0. The predicted octanol–water partition coefficient (Wildman–Crippen LogP) is 1.65. The highest BCUT2D eigenvalue weighted by atomic mass is 35.5. The van der Waals surface area contributed by atoms with Crippen molar-refractivity contribution in [3.8, 4) is 0 Å². The number of methoxy groups -OCH3 is 2. The number of hydrogen-bond acceptors (Lipinski definition) is 2. The van der Waals surface area contributed by atoms with Crippen molar-refractivity contribution in [1.29, 1.82) is 0 Å². The van der Waals surface area contributed by atoms with Gasteiger partial charge in [0.2, 0.25) is 6.29 Å². The van der Waals surface area contributed by atoms with Crippen molar-refractivity contribution >= 4 is 0 Å². The number of quaternary nitrogens is 1. The molecule has 0 aromatic carbocycles. The first-order valence-corrected chi connectivity index (χ1v) is 10.2. The second-order valence-electron chi connectivity index (χ2n) is 6.81. The lowest BCUT2D eigenvalue weighted by Gasteiger charge is -2.11. The molecule has 0 fully saturated rings. The van der Waals surface area contributed by atoms with E-state index in [1.165, 1.54) is 96.4 Å². The maximum absolute atomic E-state index is 5.17. The molecule has 148 valence electrons. The fraction of sp³-hybridized carbons (Fsp3) is 1.00. The van der Waals surface area contributed by atoms with Gasteiger partial charge in [-0.3, -0.25) is 0 Å². The van der Waals surface area contributed by atoms with Crippen LogP contribution in [0.25, 0.3) is 0 Å². The van der Waals surface area contributed by atoms with Gasteiger partial charge in [-0.1, -0.05) is 84.0 Å². The number of hydrogen-bond donors (Lipinski definition) is 1. The smallest absolute Gasteiger partial charge is 0.206 e. The van der Waals surface area contributed by atoms with Gasteiger partial charge in [-0.05, 0) is 12.8 Å². The maximum atomic E-state index is 5.17. The zero-order chi connectivity index (χ0) is 17.0. The first kappa shape index (κ1) is 26.4. The van der Waals surface area contributed by atoms with E-state index in [2.05, 4.69) is 12.2 Å². The highest BCUT2D eigenvalue weighted by Crippen LogP contribution is 2.12. The zero-order valence-electron chi connectivity index (χ0n) is 16.7. The van der Waals surface area contributed by atoms with E-state index in [0.29, 0.717) is 0 Å². The molecule has 0 atom stereocenters. The molecular formula is C20H44ClNO2. The Kier molecular flexibility index (Phi) is 25.5. The van der Waals surface area contributed by atoms with E-state index in [9.17, 15) is 0 Å². The van der Waals surface area contributed by atoms with Crippen LogP contribution in [0.4, 0.5) is 0 Å². The molecule has 0 aromatic rings. The second kappa shape index (κ2) is 23.2. The minimum atomic E-state index is -0.0540. The third-order valence-electron chi connectivity index (χ3n) is 4.65. The molecule has 0 saturated heterocycles. The van der Waals surface area contributed by atoms with Crippen LogP contribution < -0.4 is 17.7 Å². The van der Waals surface area contributed by atoms with Crippen molar-refractivity contribution in [2.24, 2.45) is 0 Å². The van der Waals surface area contributed by atoms with Crippen molar-refractivity contribution in [1.82, 2.24) is 0 Å². The molecule has 0 aliphatic carbocycles. The molecule has 0 rings (SSSR count). The molecule has 0 spiro atoms. The maximum Gasteiger partial charge on any atom is 0.206 e. The van der Waals surface area contributed by atoms with Crippen LogP contribution in [0.5, 0.6) is 0 Å². The Morgan fingerprint density at radius 3 is 1.38 bits per heavy atom. The Hall–Kier alpha value is 0.170. The van der Waals surface area contributed by atoms with Crippen LogP contribution in [-0.4, -0.2) is 33.6 Å². The van der Waals surface area contributed by atoms with E-state index in [0.717, 1.165) is 6.54 Å². The number of rotatable bonds is 19. The number of halogens is 1. The minimum Gasteiger partial charge on any atom is -1.00 e. The highest BCUT2D eigenvalue weighted by molar-refractivity contribution is 4.49. The number of nitrogens with two attached hydrogens (primary N) is 1. The molecule has 0 aliphatic rings. The molecule has 0 saturated carbocycles. The fourth-order valence-corrected chi connectivity index (χ4v) is 3.03. The number of ether oxygens (including phenoxy) is 2. The lowest BCUT2D eigenvalue weighted by atomic mass is 10.0. The summed E-state index contributed by atoms with van der Waals surface area (Å²) in [7, 11) is 3.41. The van der Waals surface area contributed by atoms with Crippen molar-refractivity contribution in [2.75, 3.05) is 27.3 Å². The van der Waals surface area contributed by atoms with Crippen molar-refractivity contribution in [2.45, 2.75) is 103 Å². The van der Waals surface area contributed by atoms with Gasteiger partial charge in [0.25, 0.3) is 0 Å². The standard InChI is InChI=1S/C20H43NO2.ClH/c1-4-5-6-7-8-9-10-11-12-13-14-15-16-17-18-21-19-20(22-2)23-3;/h20-21H,4-19H2,1-3H3;1H. The lowest BCUT2D eigenvalue weighted by Crippen LogP contribution is -3.00. The monoisotopic (exact) mass is 365 g/mol. The SMILES string of the molecule is CCCCCCCCCCCCCCCC[NH2+]CC(OC)OC.[Cl-]. The average Bonchev–Trinajstić information content (AvgIpc) is 2.58. The third-order valence-corrected chi connectivity index (χ3v) is 4.65. The summed E-state index contributed by atoms with van der Waals surface area (Å²) >= 11 is 0. The van der Waals surface area contributed by atoms with E-state index >= 15 is 0 Å². The summed E-state index contributed by atoms with van der Waals surface area (Å²) in [5.41, 5.74) is 0. The summed E-state index contributed by atoms with van der Waals surface area (Å²) < 4.78 is 10.3. The summed E-state index contributed by atoms with van der Waals surface area (Å²) in [6, 6.07) is 0. The van der Waals surface area contributed by atoms with Gasteiger partial charge in [0.1, 0.15) is 6.54 Å². The molecule has 3 nitrogen and oxygen atoms in total. The van der Waals surface area contributed by atoms with Gasteiger partial charge in [0.05, 0.1) is 6.54 Å². The van der Waals surface area contributed by atoms with E-state index in [1.807, 2.05) is 0 Å². The van der Waals surface area contributed by atoms with Crippen LogP contribution >= 0.6 is 0 Å². The van der Waals surface area contributed by atoms with Gasteiger partial charge in [-0.25, -0.2) is 0 Å². The summed E-state index contributed by atoms with van der Waals surface area (Å²) in [5.74, 6) is 0. The zero-order valence-corrected chi connectivity index (χ0v) is 17.4. The van der Waals surface area contributed by atoms with Crippen LogP contribution in [0.3, 0.4) is 0 Å². The Labute approximate surface area is 158 Å². The molecule has 0 aliphatic heterocycles. The minimum absolute atomic E-state index is 0. The normalized spacial score (nSPS) is 11.0. The number of unbranched alkanes of at least 4 members (excludes halogenated alkanes) is 13. The average molecular weight is 366 g/mol. The van der Waals surface area contributed by atoms with E-state index in [1.54, 1.807) is 14.2 Å². The van der Waals surface area contributed by atoms with Crippen LogP contribution in [0.1, 0.15) is 96.8 Å².